The number of rotatable bonds is 8. The van der Waals surface area contributed by atoms with E-state index in [1.165, 1.54) is 0 Å². The molecule has 9 nitrogen and oxygen atoms in total. The fourth-order valence-electron chi connectivity index (χ4n) is 2.68. The van der Waals surface area contributed by atoms with Gasteiger partial charge in [0.1, 0.15) is 13.7 Å². The maximum absolute atomic E-state index is 11.8. The lowest BCUT2D eigenvalue weighted by atomic mass is 9.99. The standard InChI is InChI=1S/C19H21BN8O/c20-16-10-23-18(28-17(16)22-8-7-15-9-21-11-24-15)25-12-1-3-13(4-2-12)26-19(29)27-14-5-6-14/h1-4,9-11,14H,5-8H2,(H,21,24)(H2,26,27,29)(H2,22,23,25,28). The van der Waals surface area contributed by atoms with Crippen LogP contribution in [0.3, 0.4) is 0 Å². The summed E-state index contributed by atoms with van der Waals surface area (Å²) in [6.45, 7) is 0.659. The number of imidazole rings is 1. The Kier molecular flexibility index (Phi) is 5.60. The van der Waals surface area contributed by atoms with Gasteiger partial charge in [0.25, 0.3) is 0 Å². The number of nitrogens with one attached hydrogen (secondary N) is 5. The molecule has 4 rings (SSSR count). The summed E-state index contributed by atoms with van der Waals surface area (Å²) in [6.07, 6.45) is 7.87. The molecule has 1 saturated carbocycles. The molecule has 2 amide bonds. The van der Waals surface area contributed by atoms with Crippen LogP contribution in [0, 0.1) is 0 Å². The van der Waals surface area contributed by atoms with Crippen LogP contribution >= 0.6 is 0 Å². The third kappa shape index (κ3) is 5.47. The predicted octanol–water partition coefficient (Wildman–Crippen LogP) is 1.68. The van der Waals surface area contributed by atoms with Gasteiger partial charge in [-0.1, -0.05) is 0 Å². The summed E-state index contributed by atoms with van der Waals surface area (Å²) < 4.78 is 0. The Bertz CT molecular complexity index is 957. The highest BCUT2D eigenvalue weighted by Crippen LogP contribution is 2.20. The van der Waals surface area contributed by atoms with Crippen molar-refractivity contribution in [3.63, 3.8) is 0 Å². The van der Waals surface area contributed by atoms with E-state index < -0.39 is 0 Å². The van der Waals surface area contributed by atoms with E-state index >= 15 is 0 Å². The highest BCUT2D eigenvalue weighted by Gasteiger charge is 2.23. The third-order valence-electron chi connectivity index (χ3n) is 4.37. The molecule has 0 saturated heterocycles. The number of nitrogens with zero attached hydrogens (tertiary/aromatic N) is 3. The van der Waals surface area contributed by atoms with Crippen LogP contribution < -0.4 is 26.7 Å². The zero-order valence-electron chi connectivity index (χ0n) is 15.8. The van der Waals surface area contributed by atoms with Crippen molar-refractivity contribution < 1.29 is 4.79 Å². The molecule has 2 aromatic heterocycles. The van der Waals surface area contributed by atoms with Gasteiger partial charge in [-0.25, -0.2) is 14.8 Å². The SMILES string of the molecule is [B]c1cnc(Nc2ccc(NC(=O)NC3CC3)cc2)nc1NCCc1cnc[nH]1. The van der Waals surface area contributed by atoms with Gasteiger partial charge >= 0.3 is 6.03 Å². The summed E-state index contributed by atoms with van der Waals surface area (Å²) in [5, 5.41) is 12.0. The van der Waals surface area contributed by atoms with Gasteiger partial charge < -0.3 is 26.3 Å². The second kappa shape index (κ2) is 8.64. The van der Waals surface area contributed by atoms with E-state index in [9.17, 15) is 4.79 Å². The molecule has 29 heavy (non-hydrogen) atoms. The van der Waals surface area contributed by atoms with E-state index in [2.05, 4.69) is 41.2 Å². The average molecular weight is 388 g/mol. The minimum Gasteiger partial charge on any atom is -0.370 e. The first-order valence-electron chi connectivity index (χ1n) is 9.44. The maximum Gasteiger partial charge on any atom is 0.319 e. The van der Waals surface area contributed by atoms with Crippen molar-refractivity contribution in [1.29, 1.82) is 0 Å². The second-order valence-corrected chi connectivity index (χ2v) is 6.83. The molecular formula is C19H21BN8O. The molecule has 2 radical (unpaired) electrons. The molecule has 146 valence electrons. The summed E-state index contributed by atoms with van der Waals surface area (Å²) in [6, 6.07) is 7.46. The number of hydrogen-bond donors (Lipinski definition) is 5. The van der Waals surface area contributed by atoms with Crippen molar-refractivity contribution in [2.45, 2.75) is 25.3 Å². The van der Waals surface area contributed by atoms with Crippen LogP contribution in [0.4, 0.5) is 27.9 Å². The van der Waals surface area contributed by atoms with Crippen molar-refractivity contribution in [1.82, 2.24) is 25.3 Å². The number of amides is 2. The Morgan fingerprint density at radius 1 is 1.17 bits per heavy atom. The van der Waals surface area contributed by atoms with Gasteiger partial charge in [-0.15, -0.1) is 0 Å². The van der Waals surface area contributed by atoms with Gasteiger partial charge in [0.15, 0.2) is 0 Å². The highest BCUT2D eigenvalue weighted by molar-refractivity contribution is 6.35. The number of H-pyrrole nitrogens is 1. The number of carbonyl (C=O) groups excluding carboxylic acids is 1. The smallest absolute Gasteiger partial charge is 0.319 e. The van der Waals surface area contributed by atoms with Gasteiger partial charge in [0.2, 0.25) is 5.95 Å². The molecule has 0 aliphatic heterocycles. The van der Waals surface area contributed by atoms with Crippen LogP contribution in [0.15, 0.2) is 43.0 Å². The average Bonchev–Trinajstić information content (AvgIpc) is 3.36. The summed E-state index contributed by atoms with van der Waals surface area (Å²) in [5.41, 5.74) is 3.02. The van der Waals surface area contributed by atoms with Gasteiger partial charge in [0.05, 0.1) is 6.33 Å². The van der Waals surface area contributed by atoms with E-state index in [1.54, 1.807) is 18.7 Å². The van der Waals surface area contributed by atoms with Crippen molar-refractivity contribution >= 4 is 42.5 Å². The molecule has 0 atom stereocenters. The number of aromatic nitrogens is 4. The van der Waals surface area contributed by atoms with Crippen molar-refractivity contribution in [3.05, 3.63) is 48.7 Å². The van der Waals surface area contributed by atoms with Crippen LogP contribution in [0.2, 0.25) is 0 Å². The van der Waals surface area contributed by atoms with E-state index in [4.69, 9.17) is 7.85 Å². The normalized spacial score (nSPS) is 13.0. The summed E-state index contributed by atoms with van der Waals surface area (Å²) >= 11 is 0. The van der Waals surface area contributed by atoms with Crippen LogP contribution in [-0.2, 0) is 6.42 Å². The van der Waals surface area contributed by atoms with Crippen molar-refractivity contribution in [2.75, 3.05) is 22.5 Å². The minimum atomic E-state index is -0.180. The Labute approximate surface area is 169 Å². The zero-order valence-corrected chi connectivity index (χ0v) is 15.8. The second-order valence-electron chi connectivity index (χ2n) is 6.83. The highest BCUT2D eigenvalue weighted by atomic mass is 16.2. The summed E-state index contributed by atoms with van der Waals surface area (Å²) in [7, 11) is 5.97. The van der Waals surface area contributed by atoms with E-state index in [0.29, 0.717) is 35.5 Å². The van der Waals surface area contributed by atoms with Gasteiger partial charge in [-0.05, 0) is 42.6 Å². The van der Waals surface area contributed by atoms with Crippen molar-refractivity contribution in [2.24, 2.45) is 0 Å². The fraction of sp³-hybridized carbons (Fsp3) is 0.263. The molecule has 3 aromatic rings. The van der Waals surface area contributed by atoms with Crippen LogP contribution in [0.5, 0.6) is 0 Å². The quantitative estimate of drug-likeness (QED) is 0.375. The molecule has 0 unspecified atom stereocenters. The van der Waals surface area contributed by atoms with Crippen LogP contribution in [-0.4, -0.2) is 46.4 Å². The Morgan fingerprint density at radius 3 is 2.69 bits per heavy atom. The lowest BCUT2D eigenvalue weighted by Crippen LogP contribution is -2.30. The predicted molar refractivity (Wildman–Crippen MR) is 113 cm³/mol. The Balaban J connectivity index is 1.32. The van der Waals surface area contributed by atoms with E-state index in [0.717, 1.165) is 30.6 Å². The number of aromatic amines is 1. The summed E-state index contributed by atoms with van der Waals surface area (Å²) in [5.74, 6) is 0.993. The lowest BCUT2D eigenvalue weighted by molar-refractivity contribution is 0.251. The first-order valence-corrected chi connectivity index (χ1v) is 9.44. The maximum atomic E-state index is 11.8. The topological polar surface area (TPSA) is 120 Å². The molecule has 1 aliphatic carbocycles. The number of benzene rings is 1. The number of hydrogen-bond acceptors (Lipinski definition) is 6. The summed E-state index contributed by atoms with van der Waals surface area (Å²) in [4.78, 5) is 27.5. The number of anilines is 4. The molecule has 1 aliphatic rings. The molecule has 2 heterocycles. The van der Waals surface area contributed by atoms with Crippen LogP contribution in [0.25, 0.3) is 0 Å². The largest absolute Gasteiger partial charge is 0.370 e. The fourth-order valence-corrected chi connectivity index (χ4v) is 2.68. The van der Waals surface area contributed by atoms with E-state index in [-0.39, 0.29) is 6.03 Å². The molecule has 1 fully saturated rings. The first-order chi connectivity index (χ1) is 14.2. The number of urea groups is 1. The monoisotopic (exact) mass is 388 g/mol. The van der Waals surface area contributed by atoms with Gasteiger partial charge in [-0.2, -0.15) is 4.98 Å². The van der Waals surface area contributed by atoms with Crippen molar-refractivity contribution in [3.8, 4) is 0 Å². The minimum absolute atomic E-state index is 0.180. The van der Waals surface area contributed by atoms with Crippen LogP contribution in [0.1, 0.15) is 18.5 Å². The Morgan fingerprint density at radius 2 is 1.97 bits per heavy atom. The first kappa shape index (κ1) is 18.8. The molecule has 10 heteroatoms. The molecular weight excluding hydrogens is 367 g/mol. The molecule has 5 N–H and O–H groups in total. The molecule has 0 bridgehead atoms. The van der Waals surface area contributed by atoms with Gasteiger partial charge in [-0.3, -0.25) is 0 Å². The zero-order chi connectivity index (χ0) is 20.1. The Hall–Kier alpha value is -3.56. The molecule has 1 aromatic carbocycles. The number of carbonyl (C=O) groups is 1. The van der Waals surface area contributed by atoms with Gasteiger partial charge in [0, 0.05) is 48.5 Å². The molecule has 0 spiro atoms. The third-order valence-corrected chi connectivity index (χ3v) is 4.37. The van der Waals surface area contributed by atoms with E-state index in [1.807, 2.05) is 24.3 Å². The lowest BCUT2D eigenvalue weighted by Gasteiger charge is -2.11.